The monoisotopic (exact) mass is 398 g/mol. The number of hydrogen-bond acceptors (Lipinski definition) is 5. The van der Waals surface area contributed by atoms with Crippen LogP contribution in [0.25, 0.3) is 0 Å². The van der Waals surface area contributed by atoms with Crippen molar-refractivity contribution in [1.29, 1.82) is 0 Å². The summed E-state index contributed by atoms with van der Waals surface area (Å²) >= 11 is 0. The van der Waals surface area contributed by atoms with E-state index in [2.05, 4.69) is 9.88 Å². The van der Waals surface area contributed by atoms with Crippen molar-refractivity contribution < 1.29 is 19.4 Å². The molecule has 0 spiro atoms. The average Bonchev–Trinajstić information content (AvgIpc) is 2.72. The minimum atomic E-state index is -0.730. The van der Waals surface area contributed by atoms with Gasteiger partial charge in [-0.2, -0.15) is 0 Å². The number of aryl methyl sites for hydroxylation is 1. The molecule has 0 amide bonds. The van der Waals surface area contributed by atoms with Crippen LogP contribution in [0, 0.1) is 12.8 Å². The van der Waals surface area contributed by atoms with Crippen LogP contribution in [0.4, 0.5) is 0 Å². The third kappa shape index (κ3) is 5.07. The molecule has 0 saturated carbocycles. The van der Waals surface area contributed by atoms with Gasteiger partial charge in [-0.25, -0.2) is 0 Å². The third-order valence-electron chi connectivity index (χ3n) is 5.26. The number of hydrogen-bond donors (Lipinski definition) is 1. The fourth-order valence-corrected chi connectivity index (χ4v) is 3.89. The topological polar surface area (TPSA) is 71.9 Å². The maximum absolute atomic E-state index is 11.6. The summed E-state index contributed by atoms with van der Waals surface area (Å²) in [6.45, 7) is 8.35. The molecule has 1 aliphatic heterocycles. The molecule has 1 fully saturated rings. The van der Waals surface area contributed by atoms with Crippen molar-refractivity contribution in [2.45, 2.75) is 39.7 Å². The number of nitrogens with zero attached hydrogens (tertiary/aromatic N) is 2. The number of likely N-dealkylation sites (tertiary alicyclic amines) is 1. The number of carboxylic acids is 1. The lowest BCUT2D eigenvalue weighted by molar-refractivity contribution is -0.143. The Kier molecular flexibility index (Phi) is 7.09. The number of pyridine rings is 1. The van der Waals surface area contributed by atoms with Gasteiger partial charge in [0.05, 0.1) is 30.9 Å². The molecule has 0 bridgehead atoms. The lowest BCUT2D eigenvalue weighted by Gasteiger charge is -2.37. The number of aromatic nitrogens is 1. The number of carboxylic acid groups (broad SMARTS) is 1. The molecule has 6 nitrogen and oxygen atoms in total. The Bertz CT molecular complexity index is 822. The Labute approximate surface area is 172 Å². The minimum Gasteiger partial charge on any atom is -0.490 e. The second kappa shape index (κ2) is 9.74. The molecule has 1 saturated heterocycles. The van der Waals surface area contributed by atoms with Gasteiger partial charge in [-0.3, -0.25) is 14.7 Å². The predicted octanol–water partition coefficient (Wildman–Crippen LogP) is 4.07. The average molecular weight is 399 g/mol. The van der Waals surface area contributed by atoms with Crippen LogP contribution >= 0.6 is 0 Å². The van der Waals surface area contributed by atoms with E-state index in [-0.39, 0.29) is 12.0 Å². The van der Waals surface area contributed by atoms with Crippen LogP contribution in [-0.4, -0.2) is 47.3 Å². The highest BCUT2D eigenvalue weighted by atomic mass is 16.5. The van der Waals surface area contributed by atoms with E-state index in [4.69, 9.17) is 9.47 Å². The Balaban J connectivity index is 2.02. The van der Waals surface area contributed by atoms with Crippen molar-refractivity contribution in [1.82, 2.24) is 9.88 Å². The normalized spacial score (nSPS) is 18.2. The number of rotatable bonds is 8. The zero-order valence-corrected chi connectivity index (χ0v) is 17.4. The van der Waals surface area contributed by atoms with E-state index in [0.29, 0.717) is 31.9 Å². The largest absolute Gasteiger partial charge is 0.490 e. The maximum Gasteiger partial charge on any atom is 0.307 e. The smallest absolute Gasteiger partial charge is 0.307 e. The first-order valence-electron chi connectivity index (χ1n) is 10.3. The summed E-state index contributed by atoms with van der Waals surface area (Å²) in [6, 6.07) is 9.92. The first-order chi connectivity index (χ1) is 14.0. The molecule has 2 aromatic rings. The summed E-state index contributed by atoms with van der Waals surface area (Å²) < 4.78 is 11.5. The fraction of sp³-hybridized carbons (Fsp3) is 0.478. The first kappa shape index (κ1) is 21.1. The standard InChI is InChI=1S/C23H30N2O4/c1-4-28-20-11-9-17(13-21(20)29-5-2)22(19-10-8-16(3)14-24-19)25-12-6-7-18(15-25)23(26)27/h8-11,13-14,18,22H,4-7,12,15H2,1-3H3,(H,26,27). The van der Waals surface area contributed by atoms with E-state index in [1.54, 1.807) is 0 Å². The highest BCUT2D eigenvalue weighted by Crippen LogP contribution is 2.37. The molecule has 2 unspecified atom stereocenters. The van der Waals surface area contributed by atoms with Gasteiger partial charge < -0.3 is 14.6 Å². The molecule has 1 N–H and O–H groups in total. The van der Waals surface area contributed by atoms with Crippen LogP contribution in [0.5, 0.6) is 11.5 Å². The predicted molar refractivity (Wildman–Crippen MR) is 112 cm³/mol. The van der Waals surface area contributed by atoms with Crippen LogP contribution in [0.3, 0.4) is 0 Å². The lowest BCUT2D eigenvalue weighted by atomic mass is 9.93. The van der Waals surface area contributed by atoms with Gasteiger partial charge in [-0.05, 0) is 69.5 Å². The van der Waals surface area contributed by atoms with Crippen molar-refractivity contribution >= 4 is 5.97 Å². The summed E-state index contributed by atoms with van der Waals surface area (Å²) in [5, 5.41) is 9.55. The number of aliphatic carboxylic acids is 1. The fourth-order valence-electron chi connectivity index (χ4n) is 3.89. The molecule has 0 radical (unpaired) electrons. The lowest BCUT2D eigenvalue weighted by Crippen LogP contribution is -2.41. The number of ether oxygens (including phenoxy) is 2. The quantitative estimate of drug-likeness (QED) is 0.723. The third-order valence-corrected chi connectivity index (χ3v) is 5.26. The Morgan fingerprint density at radius 2 is 1.97 bits per heavy atom. The van der Waals surface area contributed by atoms with Crippen LogP contribution in [0.15, 0.2) is 36.5 Å². The van der Waals surface area contributed by atoms with Crippen molar-refractivity contribution in [3.05, 3.63) is 53.3 Å². The number of benzene rings is 1. The van der Waals surface area contributed by atoms with E-state index in [0.717, 1.165) is 35.5 Å². The molecule has 3 rings (SSSR count). The zero-order valence-electron chi connectivity index (χ0n) is 17.4. The van der Waals surface area contributed by atoms with E-state index >= 15 is 0 Å². The van der Waals surface area contributed by atoms with Crippen molar-refractivity contribution in [3.8, 4) is 11.5 Å². The molecule has 2 atom stereocenters. The molecule has 29 heavy (non-hydrogen) atoms. The van der Waals surface area contributed by atoms with Gasteiger partial charge in [-0.15, -0.1) is 0 Å². The molecule has 1 aromatic carbocycles. The second-order valence-corrected chi connectivity index (χ2v) is 7.41. The second-order valence-electron chi connectivity index (χ2n) is 7.41. The summed E-state index contributed by atoms with van der Waals surface area (Å²) in [5.74, 6) is 0.337. The highest BCUT2D eigenvalue weighted by molar-refractivity contribution is 5.70. The summed E-state index contributed by atoms with van der Waals surface area (Å²) in [5.41, 5.74) is 3.03. The SMILES string of the molecule is CCOc1ccc(C(c2ccc(C)cn2)N2CCCC(C(=O)O)C2)cc1OCC. The first-order valence-corrected chi connectivity index (χ1v) is 10.3. The van der Waals surface area contributed by atoms with Crippen LogP contribution in [0.1, 0.15) is 49.6 Å². The van der Waals surface area contributed by atoms with E-state index < -0.39 is 5.97 Å². The highest BCUT2D eigenvalue weighted by Gasteiger charge is 2.32. The minimum absolute atomic E-state index is 0.132. The summed E-state index contributed by atoms with van der Waals surface area (Å²) in [7, 11) is 0. The van der Waals surface area contributed by atoms with Crippen molar-refractivity contribution in [2.24, 2.45) is 5.92 Å². The number of carbonyl (C=O) groups is 1. The number of piperidine rings is 1. The van der Waals surface area contributed by atoms with Crippen LogP contribution in [0.2, 0.25) is 0 Å². The molecule has 156 valence electrons. The van der Waals surface area contributed by atoms with Gasteiger partial charge in [0, 0.05) is 12.7 Å². The molecule has 1 aromatic heterocycles. The molecular formula is C23H30N2O4. The molecular weight excluding hydrogens is 368 g/mol. The Morgan fingerprint density at radius 1 is 1.21 bits per heavy atom. The van der Waals surface area contributed by atoms with E-state index in [1.165, 1.54) is 0 Å². The summed E-state index contributed by atoms with van der Waals surface area (Å²) in [6.07, 6.45) is 3.43. The maximum atomic E-state index is 11.6. The van der Waals surface area contributed by atoms with Gasteiger partial charge in [0.1, 0.15) is 0 Å². The zero-order chi connectivity index (χ0) is 20.8. The van der Waals surface area contributed by atoms with E-state index in [9.17, 15) is 9.90 Å². The van der Waals surface area contributed by atoms with Gasteiger partial charge in [0.2, 0.25) is 0 Å². The Morgan fingerprint density at radius 3 is 2.62 bits per heavy atom. The van der Waals surface area contributed by atoms with Gasteiger partial charge in [0.25, 0.3) is 0 Å². The molecule has 2 heterocycles. The van der Waals surface area contributed by atoms with Crippen molar-refractivity contribution in [2.75, 3.05) is 26.3 Å². The van der Waals surface area contributed by atoms with Crippen LogP contribution < -0.4 is 9.47 Å². The Hall–Kier alpha value is -2.60. The summed E-state index contributed by atoms with van der Waals surface area (Å²) in [4.78, 5) is 18.5. The molecule has 6 heteroatoms. The van der Waals surface area contributed by atoms with Crippen LogP contribution in [-0.2, 0) is 4.79 Å². The molecule has 0 aliphatic carbocycles. The molecule has 1 aliphatic rings. The van der Waals surface area contributed by atoms with Gasteiger partial charge >= 0.3 is 5.97 Å². The van der Waals surface area contributed by atoms with E-state index in [1.807, 2.05) is 57.3 Å². The van der Waals surface area contributed by atoms with Crippen molar-refractivity contribution in [3.63, 3.8) is 0 Å². The van der Waals surface area contributed by atoms with Gasteiger partial charge in [0.15, 0.2) is 11.5 Å². The van der Waals surface area contributed by atoms with Gasteiger partial charge in [-0.1, -0.05) is 12.1 Å².